The number of hydrogen-bond donors (Lipinski definition) is 2. The Morgan fingerprint density at radius 2 is 2.12 bits per heavy atom. The van der Waals surface area contributed by atoms with Gasteiger partial charge in [-0.3, -0.25) is 0 Å². The first-order valence-corrected chi connectivity index (χ1v) is 10.4. The SMILES string of the molecule is CC1CC(NS(=O)(=O)C2CC2)CC1n1cnc2cnc3[nH]ccc3c21. The van der Waals surface area contributed by atoms with Gasteiger partial charge in [0, 0.05) is 23.7 Å². The van der Waals surface area contributed by atoms with Crippen molar-refractivity contribution in [3.63, 3.8) is 0 Å². The molecule has 0 radical (unpaired) electrons. The van der Waals surface area contributed by atoms with Crippen LogP contribution in [0.3, 0.4) is 0 Å². The molecular formula is C17H21N5O2S. The molecule has 0 bridgehead atoms. The van der Waals surface area contributed by atoms with E-state index in [2.05, 4.69) is 31.2 Å². The van der Waals surface area contributed by atoms with Crippen molar-refractivity contribution >= 4 is 32.1 Å². The Hall–Kier alpha value is -1.93. The maximum absolute atomic E-state index is 12.3. The van der Waals surface area contributed by atoms with E-state index in [1.165, 1.54) is 0 Å². The number of fused-ring (bicyclic) bond motifs is 3. The molecule has 7 nitrogen and oxygen atoms in total. The minimum Gasteiger partial charge on any atom is -0.346 e. The van der Waals surface area contributed by atoms with E-state index in [4.69, 9.17) is 0 Å². The van der Waals surface area contributed by atoms with Crippen molar-refractivity contribution in [2.75, 3.05) is 0 Å². The molecule has 0 aromatic carbocycles. The minimum atomic E-state index is -3.14. The molecular weight excluding hydrogens is 338 g/mol. The summed E-state index contributed by atoms with van der Waals surface area (Å²) in [6, 6.07) is 2.26. The smallest absolute Gasteiger partial charge is 0.214 e. The largest absolute Gasteiger partial charge is 0.346 e. The summed E-state index contributed by atoms with van der Waals surface area (Å²) < 4.78 is 29.7. The highest BCUT2D eigenvalue weighted by atomic mass is 32.2. The molecule has 2 aliphatic carbocycles. The summed E-state index contributed by atoms with van der Waals surface area (Å²) in [5, 5.41) is 0.894. The average Bonchev–Trinajstić information content (AvgIpc) is 3.03. The Morgan fingerprint density at radius 1 is 1.28 bits per heavy atom. The van der Waals surface area contributed by atoms with E-state index in [1.54, 1.807) is 6.20 Å². The van der Waals surface area contributed by atoms with E-state index in [-0.39, 0.29) is 17.3 Å². The van der Waals surface area contributed by atoms with Crippen LogP contribution in [0.4, 0.5) is 0 Å². The first kappa shape index (κ1) is 15.3. The number of nitrogens with one attached hydrogen (secondary N) is 2. The zero-order chi connectivity index (χ0) is 17.2. The van der Waals surface area contributed by atoms with Gasteiger partial charge in [-0.25, -0.2) is 23.1 Å². The molecule has 0 saturated heterocycles. The van der Waals surface area contributed by atoms with Gasteiger partial charge in [0.1, 0.15) is 11.2 Å². The first-order chi connectivity index (χ1) is 12.0. The van der Waals surface area contributed by atoms with Crippen molar-refractivity contribution in [2.24, 2.45) is 5.92 Å². The molecule has 3 unspecified atom stereocenters. The number of sulfonamides is 1. The summed E-state index contributed by atoms with van der Waals surface area (Å²) in [5.74, 6) is 0.381. The molecule has 2 aliphatic rings. The highest BCUT2D eigenvalue weighted by Crippen LogP contribution is 2.39. The molecule has 2 N–H and O–H groups in total. The second kappa shape index (κ2) is 5.28. The van der Waals surface area contributed by atoms with Crippen LogP contribution in [0.2, 0.25) is 0 Å². The van der Waals surface area contributed by atoms with Crippen molar-refractivity contribution in [3.05, 3.63) is 24.8 Å². The van der Waals surface area contributed by atoms with Crippen LogP contribution in [0.1, 0.15) is 38.6 Å². The van der Waals surface area contributed by atoms with Crippen molar-refractivity contribution < 1.29 is 8.42 Å². The molecule has 3 aromatic rings. The van der Waals surface area contributed by atoms with E-state index in [1.807, 2.05) is 18.6 Å². The summed E-state index contributed by atoms with van der Waals surface area (Å²) >= 11 is 0. The van der Waals surface area contributed by atoms with Crippen molar-refractivity contribution in [1.82, 2.24) is 24.2 Å². The summed E-state index contributed by atoms with van der Waals surface area (Å²) in [4.78, 5) is 12.1. The molecule has 3 heterocycles. The maximum atomic E-state index is 12.3. The summed E-state index contributed by atoms with van der Waals surface area (Å²) in [6.45, 7) is 2.19. The van der Waals surface area contributed by atoms with E-state index in [0.717, 1.165) is 47.8 Å². The van der Waals surface area contributed by atoms with Gasteiger partial charge in [0.25, 0.3) is 0 Å². The van der Waals surface area contributed by atoms with E-state index < -0.39 is 10.0 Å². The van der Waals surface area contributed by atoms with Gasteiger partial charge in [0.05, 0.1) is 23.3 Å². The second-order valence-corrected chi connectivity index (χ2v) is 9.45. The monoisotopic (exact) mass is 359 g/mol. The summed E-state index contributed by atoms with van der Waals surface area (Å²) in [6.07, 6.45) is 8.80. The Kier molecular flexibility index (Phi) is 3.24. The lowest BCUT2D eigenvalue weighted by Crippen LogP contribution is -2.35. The highest BCUT2D eigenvalue weighted by Gasteiger charge is 2.40. The van der Waals surface area contributed by atoms with Gasteiger partial charge >= 0.3 is 0 Å². The third-order valence-electron chi connectivity index (χ3n) is 5.61. The summed E-state index contributed by atoms with van der Waals surface area (Å²) in [5.41, 5.74) is 2.81. The van der Waals surface area contributed by atoms with Gasteiger partial charge in [-0.2, -0.15) is 0 Å². The van der Waals surface area contributed by atoms with Crippen LogP contribution in [-0.2, 0) is 10.0 Å². The Morgan fingerprint density at radius 3 is 2.92 bits per heavy atom. The number of aromatic nitrogens is 4. The molecule has 0 aliphatic heterocycles. The van der Waals surface area contributed by atoms with Crippen molar-refractivity contribution in [3.8, 4) is 0 Å². The fourth-order valence-electron chi connectivity index (χ4n) is 4.20. The Balaban J connectivity index is 1.49. The molecule has 2 fully saturated rings. The van der Waals surface area contributed by atoms with Crippen LogP contribution in [0.15, 0.2) is 24.8 Å². The average molecular weight is 359 g/mol. The third-order valence-corrected chi connectivity index (χ3v) is 7.62. The van der Waals surface area contributed by atoms with Crippen molar-refractivity contribution in [1.29, 1.82) is 0 Å². The Bertz CT molecular complexity index is 1050. The van der Waals surface area contributed by atoms with Crippen LogP contribution in [-0.4, -0.2) is 39.2 Å². The fourth-order valence-corrected chi connectivity index (χ4v) is 5.81. The quantitative estimate of drug-likeness (QED) is 0.748. The lowest BCUT2D eigenvalue weighted by Gasteiger charge is -2.18. The third kappa shape index (κ3) is 2.46. The lowest BCUT2D eigenvalue weighted by atomic mass is 10.1. The maximum Gasteiger partial charge on any atom is 0.214 e. The molecule has 3 atom stereocenters. The molecule has 0 spiro atoms. The van der Waals surface area contributed by atoms with E-state index in [0.29, 0.717) is 5.92 Å². The van der Waals surface area contributed by atoms with Gasteiger partial charge in [-0.1, -0.05) is 6.92 Å². The topological polar surface area (TPSA) is 92.7 Å². The first-order valence-electron chi connectivity index (χ1n) is 8.82. The molecule has 0 amide bonds. The van der Waals surface area contributed by atoms with Gasteiger partial charge in [0.2, 0.25) is 10.0 Å². The zero-order valence-electron chi connectivity index (χ0n) is 14.0. The van der Waals surface area contributed by atoms with Crippen LogP contribution < -0.4 is 4.72 Å². The number of rotatable bonds is 4. The lowest BCUT2D eigenvalue weighted by molar-refractivity contribution is 0.416. The van der Waals surface area contributed by atoms with E-state index >= 15 is 0 Å². The molecule has 5 rings (SSSR count). The zero-order valence-corrected chi connectivity index (χ0v) is 14.8. The molecule has 2 saturated carbocycles. The molecule has 8 heteroatoms. The number of aromatic amines is 1. The van der Waals surface area contributed by atoms with Gasteiger partial charge in [0.15, 0.2) is 0 Å². The number of nitrogens with zero attached hydrogens (tertiary/aromatic N) is 3. The number of imidazole rings is 1. The van der Waals surface area contributed by atoms with Crippen LogP contribution in [0.5, 0.6) is 0 Å². The normalized spacial score (nSPS) is 27.5. The number of pyridine rings is 1. The standard InChI is InChI=1S/C17H21N5O2S/c1-10-6-11(21-25(23,24)12-2-3-12)7-15(10)22-9-20-14-8-19-17-13(16(14)22)4-5-18-17/h4-5,8-12,15,21H,2-3,6-7H2,1H3,(H,18,19). The predicted molar refractivity (Wildman–Crippen MR) is 95.7 cm³/mol. The van der Waals surface area contributed by atoms with Gasteiger partial charge in [-0.05, 0) is 37.7 Å². The van der Waals surface area contributed by atoms with Crippen LogP contribution >= 0.6 is 0 Å². The Labute approximate surface area is 145 Å². The highest BCUT2D eigenvalue weighted by molar-refractivity contribution is 7.90. The second-order valence-electron chi connectivity index (χ2n) is 7.46. The predicted octanol–water partition coefficient (Wildman–Crippen LogP) is 2.33. The van der Waals surface area contributed by atoms with Gasteiger partial charge in [-0.15, -0.1) is 0 Å². The number of hydrogen-bond acceptors (Lipinski definition) is 4. The molecule has 132 valence electrons. The molecule has 25 heavy (non-hydrogen) atoms. The number of H-pyrrole nitrogens is 1. The van der Waals surface area contributed by atoms with E-state index in [9.17, 15) is 8.42 Å². The fraction of sp³-hybridized carbons (Fsp3) is 0.529. The van der Waals surface area contributed by atoms with Gasteiger partial charge < -0.3 is 9.55 Å². The van der Waals surface area contributed by atoms with Crippen LogP contribution in [0, 0.1) is 5.92 Å². The minimum absolute atomic E-state index is 0.00611. The van der Waals surface area contributed by atoms with Crippen LogP contribution in [0.25, 0.3) is 22.1 Å². The summed E-state index contributed by atoms with van der Waals surface area (Å²) in [7, 11) is -3.14. The molecule has 3 aromatic heterocycles. The van der Waals surface area contributed by atoms with Crippen molar-refractivity contribution in [2.45, 2.75) is 49.9 Å².